The fourth-order valence-electron chi connectivity index (χ4n) is 5.09. The Morgan fingerprint density at radius 1 is 0.640 bits per heavy atom. The Kier molecular flexibility index (Phi) is 36.8. The molecule has 0 aromatic carbocycles. The SMILES string of the molecule is CCC=CCC=CCC=CCC=CCCCCCCC(=O)OCC(COP(=O)(O)OCCN)OC=CCCCCCCCCCCCCCC. The van der Waals surface area contributed by atoms with Crippen molar-refractivity contribution in [2.75, 3.05) is 26.4 Å². The largest absolute Gasteiger partial charge is 0.492 e. The first kappa shape index (κ1) is 48.0. The molecule has 0 fully saturated rings. The lowest BCUT2D eigenvalue weighted by molar-refractivity contribution is -0.147. The quantitative estimate of drug-likeness (QED) is 0.0214. The number of allylic oxidation sites excluding steroid dienone is 9. The fourth-order valence-corrected chi connectivity index (χ4v) is 5.85. The minimum absolute atomic E-state index is 0.0789. The third-order valence-corrected chi connectivity index (χ3v) is 9.02. The molecule has 0 spiro atoms. The molecule has 0 aromatic rings. The summed E-state index contributed by atoms with van der Waals surface area (Å²) in [5.74, 6) is -0.315. The zero-order chi connectivity index (χ0) is 36.6. The van der Waals surface area contributed by atoms with Gasteiger partial charge in [0.1, 0.15) is 6.61 Å². The van der Waals surface area contributed by atoms with Crippen molar-refractivity contribution in [1.29, 1.82) is 0 Å². The molecule has 0 amide bonds. The summed E-state index contributed by atoms with van der Waals surface area (Å²) < 4.78 is 33.1. The summed E-state index contributed by atoms with van der Waals surface area (Å²) in [5.41, 5.74) is 5.35. The maximum Gasteiger partial charge on any atom is 0.472 e. The van der Waals surface area contributed by atoms with Crippen LogP contribution in [0.1, 0.15) is 162 Å². The zero-order valence-electron chi connectivity index (χ0n) is 31.9. The molecule has 2 atom stereocenters. The van der Waals surface area contributed by atoms with Gasteiger partial charge in [-0.25, -0.2) is 4.57 Å². The van der Waals surface area contributed by atoms with E-state index in [0.717, 1.165) is 70.6 Å². The van der Waals surface area contributed by atoms with Crippen LogP contribution in [-0.2, 0) is 27.9 Å². The first-order valence-electron chi connectivity index (χ1n) is 19.8. The Hall–Kier alpha value is -1.96. The summed E-state index contributed by atoms with van der Waals surface area (Å²) in [6.07, 6.45) is 46.2. The van der Waals surface area contributed by atoms with Gasteiger partial charge in [0, 0.05) is 13.0 Å². The van der Waals surface area contributed by atoms with Gasteiger partial charge in [0.2, 0.25) is 0 Å². The van der Waals surface area contributed by atoms with E-state index in [4.69, 9.17) is 24.3 Å². The average Bonchev–Trinajstić information content (AvgIpc) is 3.11. The fraction of sp³-hybridized carbons (Fsp3) is 0.732. The molecule has 2 unspecified atom stereocenters. The number of hydrogen-bond acceptors (Lipinski definition) is 7. The molecule has 0 aliphatic carbocycles. The topological polar surface area (TPSA) is 117 Å². The molecule has 0 heterocycles. The van der Waals surface area contributed by atoms with Crippen LogP contribution in [0.2, 0.25) is 0 Å². The molecule has 0 aliphatic rings. The van der Waals surface area contributed by atoms with Gasteiger partial charge in [0.15, 0.2) is 6.10 Å². The van der Waals surface area contributed by atoms with Gasteiger partial charge in [0.05, 0.1) is 19.5 Å². The van der Waals surface area contributed by atoms with E-state index in [0.29, 0.717) is 6.42 Å². The Bertz CT molecular complexity index is 947. The van der Waals surface area contributed by atoms with Gasteiger partial charge < -0.3 is 20.1 Å². The van der Waals surface area contributed by atoms with Crippen LogP contribution in [0.15, 0.2) is 60.9 Å². The normalized spacial score (nSPS) is 14.2. The van der Waals surface area contributed by atoms with Crippen molar-refractivity contribution in [1.82, 2.24) is 0 Å². The van der Waals surface area contributed by atoms with Gasteiger partial charge in [-0.2, -0.15) is 0 Å². The summed E-state index contributed by atoms with van der Waals surface area (Å²) >= 11 is 0. The highest BCUT2D eigenvalue weighted by Gasteiger charge is 2.24. The highest BCUT2D eigenvalue weighted by Crippen LogP contribution is 2.43. The van der Waals surface area contributed by atoms with E-state index in [1.54, 1.807) is 6.26 Å². The number of unbranched alkanes of at least 4 members (excludes halogenated alkanes) is 16. The van der Waals surface area contributed by atoms with E-state index in [1.807, 2.05) is 6.08 Å². The number of phosphoric ester groups is 1. The molecular weight excluding hydrogens is 649 g/mol. The second kappa shape index (κ2) is 38.3. The number of nitrogens with two attached hydrogens (primary N) is 1. The Labute approximate surface area is 306 Å². The first-order chi connectivity index (χ1) is 24.4. The lowest BCUT2D eigenvalue weighted by atomic mass is 10.0. The van der Waals surface area contributed by atoms with E-state index in [1.165, 1.54) is 70.6 Å². The first-order valence-corrected chi connectivity index (χ1v) is 21.3. The minimum Gasteiger partial charge on any atom is -0.492 e. The molecule has 9 heteroatoms. The van der Waals surface area contributed by atoms with Crippen molar-refractivity contribution in [2.24, 2.45) is 5.73 Å². The smallest absolute Gasteiger partial charge is 0.472 e. The van der Waals surface area contributed by atoms with Crippen LogP contribution in [0.3, 0.4) is 0 Å². The number of carbonyl (C=O) groups is 1. The van der Waals surface area contributed by atoms with E-state index in [9.17, 15) is 14.3 Å². The minimum atomic E-state index is -4.27. The highest BCUT2D eigenvalue weighted by atomic mass is 31.2. The Balaban J connectivity index is 4.17. The maximum absolute atomic E-state index is 12.4. The van der Waals surface area contributed by atoms with Crippen molar-refractivity contribution >= 4 is 13.8 Å². The highest BCUT2D eigenvalue weighted by molar-refractivity contribution is 7.47. The third kappa shape index (κ3) is 37.3. The molecule has 50 heavy (non-hydrogen) atoms. The van der Waals surface area contributed by atoms with Crippen LogP contribution in [0.4, 0.5) is 0 Å². The van der Waals surface area contributed by atoms with Crippen molar-refractivity contribution < 1.29 is 32.8 Å². The molecule has 0 aliphatic heterocycles. The second-order valence-electron chi connectivity index (χ2n) is 12.8. The predicted octanol–water partition coefficient (Wildman–Crippen LogP) is 11.8. The molecule has 0 saturated carbocycles. The second-order valence-corrected chi connectivity index (χ2v) is 14.3. The molecule has 290 valence electrons. The monoisotopic (exact) mass is 724 g/mol. The number of ether oxygens (including phenoxy) is 2. The van der Waals surface area contributed by atoms with Crippen molar-refractivity contribution in [3.05, 3.63) is 60.9 Å². The number of hydrogen-bond donors (Lipinski definition) is 2. The standard InChI is InChI=1S/C41H74NO7P/c1-3-5-7-9-11-13-15-17-19-20-21-22-24-26-28-30-32-34-41(43)47-38-40(39-49-50(44,45)48-37-35-42)46-36-33-31-29-27-25-23-18-16-14-12-10-8-6-4-2/h5,7,11,13,17,19,21-22,33,36,40H,3-4,6,8-10,12,14-16,18,20,23-32,34-35,37-39,42H2,1-2H3,(H,44,45). The molecule has 0 rings (SSSR count). The van der Waals surface area contributed by atoms with Crippen LogP contribution in [0, 0.1) is 0 Å². The van der Waals surface area contributed by atoms with E-state index in [2.05, 4.69) is 62.5 Å². The van der Waals surface area contributed by atoms with Crippen LogP contribution in [0.25, 0.3) is 0 Å². The number of esters is 1. The Morgan fingerprint density at radius 2 is 1.14 bits per heavy atom. The predicted molar refractivity (Wildman–Crippen MR) is 210 cm³/mol. The summed E-state index contributed by atoms with van der Waals surface area (Å²) in [6, 6.07) is 0. The Morgan fingerprint density at radius 3 is 1.70 bits per heavy atom. The van der Waals surface area contributed by atoms with Crippen LogP contribution >= 0.6 is 7.82 Å². The molecule has 8 nitrogen and oxygen atoms in total. The summed E-state index contributed by atoms with van der Waals surface area (Å²) in [6.45, 7) is 4.06. The van der Waals surface area contributed by atoms with Crippen molar-refractivity contribution in [2.45, 2.75) is 168 Å². The van der Waals surface area contributed by atoms with Crippen molar-refractivity contribution in [3.8, 4) is 0 Å². The van der Waals surface area contributed by atoms with Crippen molar-refractivity contribution in [3.63, 3.8) is 0 Å². The maximum atomic E-state index is 12.4. The van der Waals surface area contributed by atoms with E-state index >= 15 is 0 Å². The lowest BCUT2D eigenvalue weighted by Crippen LogP contribution is -2.25. The van der Waals surface area contributed by atoms with Gasteiger partial charge in [-0.3, -0.25) is 13.8 Å². The van der Waals surface area contributed by atoms with Gasteiger partial charge in [-0.05, 0) is 63.9 Å². The van der Waals surface area contributed by atoms with Crippen LogP contribution in [-0.4, -0.2) is 43.3 Å². The molecule has 0 bridgehead atoms. The lowest BCUT2D eigenvalue weighted by Gasteiger charge is -2.19. The van der Waals surface area contributed by atoms with E-state index < -0.39 is 13.9 Å². The van der Waals surface area contributed by atoms with Gasteiger partial charge in [-0.15, -0.1) is 0 Å². The number of carbonyl (C=O) groups excluding carboxylic acids is 1. The summed E-state index contributed by atoms with van der Waals surface area (Å²) in [5, 5.41) is 0. The molecule has 0 aromatic heterocycles. The number of phosphoric acid groups is 1. The van der Waals surface area contributed by atoms with Crippen LogP contribution in [0.5, 0.6) is 0 Å². The molecular formula is C41H74NO7P. The third-order valence-electron chi connectivity index (χ3n) is 8.04. The molecule has 3 N–H and O–H groups in total. The van der Waals surface area contributed by atoms with E-state index in [-0.39, 0.29) is 32.3 Å². The summed E-state index contributed by atoms with van der Waals surface area (Å²) in [4.78, 5) is 22.2. The molecule has 0 radical (unpaired) electrons. The van der Waals surface area contributed by atoms with Gasteiger partial charge in [-0.1, -0.05) is 146 Å². The van der Waals surface area contributed by atoms with Gasteiger partial charge in [0.25, 0.3) is 0 Å². The number of rotatable bonds is 37. The molecule has 0 saturated heterocycles. The van der Waals surface area contributed by atoms with Gasteiger partial charge >= 0.3 is 13.8 Å². The zero-order valence-corrected chi connectivity index (χ0v) is 32.8. The average molecular weight is 724 g/mol. The summed E-state index contributed by atoms with van der Waals surface area (Å²) in [7, 11) is -4.27. The van der Waals surface area contributed by atoms with Crippen LogP contribution < -0.4 is 5.73 Å².